The summed E-state index contributed by atoms with van der Waals surface area (Å²) in [4.78, 5) is 3.69. The molecule has 0 aliphatic carbocycles. The molecule has 0 aliphatic rings. The van der Waals surface area contributed by atoms with Crippen LogP contribution in [-0.2, 0) is 6.54 Å². The average Bonchev–Trinajstić information content (AvgIpc) is 2.36. The molecule has 9 heteroatoms. The van der Waals surface area contributed by atoms with Crippen molar-refractivity contribution in [3.05, 3.63) is 35.4 Å². The Kier molecular flexibility index (Phi) is 8.52. The zero-order valence-corrected chi connectivity index (χ0v) is 13.4. The van der Waals surface area contributed by atoms with Gasteiger partial charge in [-0.2, -0.15) is 13.2 Å². The molecule has 0 aromatic heterocycles. The molecule has 0 spiro atoms. The third kappa shape index (κ3) is 8.02. The van der Waals surface area contributed by atoms with Gasteiger partial charge < -0.3 is 10.6 Å². The third-order valence-electron chi connectivity index (χ3n) is 2.38. The first kappa shape index (κ1) is 19.9. The zero-order chi connectivity index (χ0) is 15.2. The number of rotatable bonds is 4. The van der Waals surface area contributed by atoms with E-state index in [-0.39, 0.29) is 48.6 Å². The van der Waals surface area contributed by atoms with Crippen molar-refractivity contribution in [3.8, 4) is 0 Å². The van der Waals surface area contributed by atoms with E-state index in [4.69, 9.17) is 0 Å². The van der Waals surface area contributed by atoms with Crippen LogP contribution in [0.5, 0.6) is 0 Å². The summed E-state index contributed by atoms with van der Waals surface area (Å²) in [6.45, 7) is -0.440. The van der Waals surface area contributed by atoms with Crippen LogP contribution in [-0.4, -0.2) is 25.7 Å². The molecular formula is C12H15F5IN3. The van der Waals surface area contributed by atoms with Gasteiger partial charge in [-0.15, -0.1) is 24.0 Å². The van der Waals surface area contributed by atoms with Crippen LogP contribution in [0, 0.1) is 11.6 Å². The summed E-state index contributed by atoms with van der Waals surface area (Å²) in [6, 6.07) is 2.97. The number of halogens is 6. The Morgan fingerprint density at radius 2 is 1.86 bits per heavy atom. The van der Waals surface area contributed by atoms with E-state index < -0.39 is 24.2 Å². The maximum absolute atomic E-state index is 13.3. The molecule has 3 nitrogen and oxygen atoms in total. The van der Waals surface area contributed by atoms with Crippen LogP contribution in [0.3, 0.4) is 0 Å². The molecule has 0 saturated carbocycles. The van der Waals surface area contributed by atoms with Gasteiger partial charge in [0, 0.05) is 25.7 Å². The zero-order valence-electron chi connectivity index (χ0n) is 11.1. The average molecular weight is 423 g/mol. The van der Waals surface area contributed by atoms with Crippen LogP contribution in [0.2, 0.25) is 0 Å². The van der Waals surface area contributed by atoms with E-state index in [1.54, 1.807) is 0 Å². The highest BCUT2D eigenvalue weighted by atomic mass is 127. The van der Waals surface area contributed by atoms with Crippen LogP contribution in [0.25, 0.3) is 0 Å². The van der Waals surface area contributed by atoms with Gasteiger partial charge in [-0.05, 0) is 18.2 Å². The molecule has 0 fully saturated rings. The first-order chi connectivity index (χ1) is 9.31. The molecule has 0 amide bonds. The molecule has 2 N–H and O–H groups in total. The van der Waals surface area contributed by atoms with Crippen LogP contribution in [0.4, 0.5) is 22.0 Å². The number of alkyl halides is 3. The first-order valence-corrected chi connectivity index (χ1v) is 5.77. The van der Waals surface area contributed by atoms with Crippen LogP contribution in [0.15, 0.2) is 23.2 Å². The molecule has 120 valence electrons. The van der Waals surface area contributed by atoms with E-state index in [0.717, 1.165) is 18.2 Å². The van der Waals surface area contributed by atoms with E-state index in [1.165, 1.54) is 7.05 Å². The Hall–Kier alpha value is -1.13. The summed E-state index contributed by atoms with van der Waals surface area (Å²) in [5.41, 5.74) is 0.0590. The molecule has 1 rings (SSSR count). The van der Waals surface area contributed by atoms with E-state index in [1.807, 2.05) is 0 Å². The van der Waals surface area contributed by atoms with E-state index >= 15 is 0 Å². The minimum absolute atomic E-state index is 0. The van der Waals surface area contributed by atoms with Gasteiger partial charge in [-0.25, -0.2) is 8.78 Å². The van der Waals surface area contributed by atoms with E-state index in [9.17, 15) is 22.0 Å². The van der Waals surface area contributed by atoms with E-state index in [2.05, 4.69) is 15.6 Å². The lowest BCUT2D eigenvalue weighted by atomic mass is 10.2. The van der Waals surface area contributed by atoms with Crippen molar-refractivity contribution in [3.63, 3.8) is 0 Å². The lowest BCUT2D eigenvalue weighted by Crippen LogP contribution is -2.38. The largest absolute Gasteiger partial charge is 0.390 e. The number of hydrogen-bond donors (Lipinski definition) is 2. The van der Waals surface area contributed by atoms with Gasteiger partial charge in [0.2, 0.25) is 0 Å². The fraction of sp³-hybridized carbons (Fsp3) is 0.417. The molecule has 0 aliphatic heterocycles. The standard InChI is InChI=1S/C12H14F5N3.HI/c1-18-11(19-5-4-12(15,16)17)20-7-8-6-9(13)2-3-10(8)14;/h2-3,6H,4-5,7H2,1H3,(H2,18,19,20);1H. The van der Waals surface area contributed by atoms with Gasteiger partial charge in [0.05, 0.1) is 6.42 Å². The van der Waals surface area contributed by atoms with Gasteiger partial charge in [-0.1, -0.05) is 0 Å². The molecule has 21 heavy (non-hydrogen) atoms. The smallest absolute Gasteiger partial charge is 0.356 e. The normalized spacial score (nSPS) is 11.8. The molecule has 0 heterocycles. The third-order valence-corrected chi connectivity index (χ3v) is 2.38. The van der Waals surface area contributed by atoms with Crippen LogP contribution >= 0.6 is 24.0 Å². The Labute approximate surface area is 136 Å². The number of nitrogens with one attached hydrogen (secondary N) is 2. The monoisotopic (exact) mass is 423 g/mol. The fourth-order valence-electron chi connectivity index (χ4n) is 1.40. The molecule has 0 radical (unpaired) electrons. The summed E-state index contributed by atoms with van der Waals surface area (Å²) in [5.74, 6) is -1.12. The summed E-state index contributed by atoms with van der Waals surface area (Å²) in [6.07, 6.45) is -5.28. The van der Waals surface area contributed by atoms with Crippen molar-refractivity contribution in [2.45, 2.75) is 19.1 Å². The fourth-order valence-corrected chi connectivity index (χ4v) is 1.40. The maximum atomic E-state index is 13.3. The Bertz CT molecular complexity index is 476. The second-order valence-electron chi connectivity index (χ2n) is 3.95. The first-order valence-electron chi connectivity index (χ1n) is 5.77. The summed E-state index contributed by atoms with van der Waals surface area (Å²) in [5, 5.41) is 5.04. The number of nitrogens with zero attached hydrogens (tertiary/aromatic N) is 1. The highest BCUT2D eigenvalue weighted by Gasteiger charge is 2.26. The molecule has 1 aromatic carbocycles. The van der Waals surface area contributed by atoms with Crippen molar-refractivity contribution in [1.29, 1.82) is 0 Å². The summed E-state index contributed by atoms with van der Waals surface area (Å²) < 4.78 is 62.1. The Morgan fingerprint density at radius 3 is 2.43 bits per heavy atom. The Morgan fingerprint density at radius 1 is 1.19 bits per heavy atom. The highest BCUT2D eigenvalue weighted by Crippen LogP contribution is 2.18. The number of benzene rings is 1. The molecule has 1 aromatic rings. The maximum Gasteiger partial charge on any atom is 0.390 e. The molecule has 0 saturated heterocycles. The number of aliphatic imine (C=N–C) groups is 1. The van der Waals surface area contributed by atoms with Crippen molar-refractivity contribution in [2.24, 2.45) is 4.99 Å². The predicted molar refractivity (Wildman–Crippen MR) is 80.6 cm³/mol. The summed E-state index contributed by atoms with van der Waals surface area (Å²) in [7, 11) is 1.37. The molecule has 0 atom stereocenters. The molecule has 0 bridgehead atoms. The Balaban J connectivity index is 0.00000400. The quantitative estimate of drug-likeness (QED) is 0.338. The van der Waals surface area contributed by atoms with Gasteiger partial charge in [-0.3, -0.25) is 4.99 Å². The topological polar surface area (TPSA) is 36.4 Å². The predicted octanol–water partition coefficient (Wildman–Crippen LogP) is 3.20. The number of guanidine groups is 1. The van der Waals surface area contributed by atoms with Crippen molar-refractivity contribution < 1.29 is 22.0 Å². The summed E-state index contributed by atoms with van der Waals surface area (Å²) >= 11 is 0. The van der Waals surface area contributed by atoms with E-state index in [0.29, 0.717) is 0 Å². The SMILES string of the molecule is CN=C(NCCC(F)(F)F)NCc1cc(F)ccc1F.I. The number of hydrogen-bond acceptors (Lipinski definition) is 1. The van der Waals surface area contributed by atoms with Gasteiger partial charge in [0.25, 0.3) is 0 Å². The minimum Gasteiger partial charge on any atom is -0.356 e. The van der Waals surface area contributed by atoms with Gasteiger partial charge in [0.15, 0.2) is 5.96 Å². The van der Waals surface area contributed by atoms with Crippen LogP contribution < -0.4 is 10.6 Å². The van der Waals surface area contributed by atoms with Crippen molar-refractivity contribution >= 4 is 29.9 Å². The van der Waals surface area contributed by atoms with Crippen LogP contribution in [0.1, 0.15) is 12.0 Å². The lowest BCUT2D eigenvalue weighted by Gasteiger charge is -2.13. The van der Waals surface area contributed by atoms with Gasteiger partial charge >= 0.3 is 6.18 Å². The van der Waals surface area contributed by atoms with Gasteiger partial charge in [0.1, 0.15) is 11.6 Å². The second-order valence-corrected chi connectivity index (χ2v) is 3.95. The minimum atomic E-state index is -4.26. The molecular weight excluding hydrogens is 408 g/mol. The van der Waals surface area contributed by atoms with Crippen molar-refractivity contribution in [1.82, 2.24) is 10.6 Å². The van der Waals surface area contributed by atoms with Crippen molar-refractivity contribution in [2.75, 3.05) is 13.6 Å². The highest BCUT2D eigenvalue weighted by molar-refractivity contribution is 14.0. The molecule has 0 unspecified atom stereocenters. The lowest BCUT2D eigenvalue weighted by molar-refractivity contribution is -0.132. The second kappa shape index (κ2) is 9.00.